The van der Waals surface area contributed by atoms with Gasteiger partial charge in [-0.3, -0.25) is 4.79 Å². The molecule has 0 aliphatic rings. The molecule has 0 aromatic carbocycles. The molecule has 6 heteroatoms. The predicted molar refractivity (Wildman–Crippen MR) is 321 cm³/mol. The third-order valence-electron chi connectivity index (χ3n) is 15.6. The lowest BCUT2D eigenvalue weighted by Crippen LogP contribution is -2.53. The Bertz CT molecular complexity index is 1150. The molecule has 5 N–H and O–H groups in total. The van der Waals surface area contributed by atoms with Crippen molar-refractivity contribution in [2.24, 2.45) is 0 Å². The number of unbranched alkanes of at least 4 members (excludes halogenated alkanes) is 46. The van der Waals surface area contributed by atoms with E-state index in [1.54, 1.807) is 0 Å². The summed E-state index contributed by atoms with van der Waals surface area (Å²) >= 11 is 0. The van der Waals surface area contributed by atoms with Crippen molar-refractivity contribution in [1.29, 1.82) is 0 Å². The Morgan fingerprint density at radius 3 is 0.863 bits per heavy atom. The Hall–Kier alpha value is -1.47. The Morgan fingerprint density at radius 2 is 0.575 bits per heavy atom. The minimum atomic E-state index is -1.29. The number of hydrogen-bond donors (Lipinski definition) is 5. The van der Waals surface area contributed by atoms with Crippen molar-refractivity contribution in [3.63, 3.8) is 0 Å². The van der Waals surface area contributed by atoms with Crippen LogP contribution in [0.25, 0.3) is 0 Å². The van der Waals surface area contributed by atoms with E-state index in [9.17, 15) is 25.2 Å². The second kappa shape index (κ2) is 61.4. The summed E-state index contributed by atoms with van der Waals surface area (Å²) in [5.74, 6) is -0.593. The van der Waals surface area contributed by atoms with Crippen molar-refractivity contribution < 1.29 is 25.2 Å². The van der Waals surface area contributed by atoms with Crippen LogP contribution < -0.4 is 5.32 Å². The lowest BCUT2D eigenvalue weighted by Gasteiger charge is -2.27. The number of carbonyl (C=O) groups is 1. The molecule has 0 saturated heterocycles. The van der Waals surface area contributed by atoms with E-state index in [0.717, 1.165) is 38.5 Å². The van der Waals surface area contributed by atoms with Crippen LogP contribution in [0, 0.1) is 0 Å². The number of aliphatic hydroxyl groups is 4. The average Bonchev–Trinajstić information content (AvgIpc) is 3.40. The minimum absolute atomic E-state index is 0.361. The molecule has 0 radical (unpaired) electrons. The van der Waals surface area contributed by atoms with E-state index in [-0.39, 0.29) is 0 Å². The largest absolute Gasteiger partial charge is 0.394 e. The Labute approximate surface area is 456 Å². The van der Waals surface area contributed by atoms with Crippen molar-refractivity contribution in [3.8, 4) is 0 Å². The second-order valence-corrected chi connectivity index (χ2v) is 22.8. The molecule has 0 rings (SSSR count). The molecule has 0 bridgehead atoms. The first-order valence-corrected chi connectivity index (χ1v) is 32.9. The first kappa shape index (κ1) is 71.5. The van der Waals surface area contributed by atoms with Gasteiger partial charge in [-0.15, -0.1) is 0 Å². The minimum Gasteiger partial charge on any atom is -0.394 e. The van der Waals surface area contributed by atoms with Gasteiger partial charge in [-0.25, -0.2) is 0 Å². The normalized spacial score (nSPS) is 13.8. The zero-order valence-corrected chi connectivity index (χ0v) is 49.2. The summed E-state index contributed by atoms with van der Waals surface area (Å²) in [7, 11) is 0. The van der Waals surface area contributed by atoms with E-state index in [1.807, 2.05) is 0 Å². The van der Waals surface area contributed by atoms with Crippen LogP contribution in [0.4, 0.5) is 0 Å². The number of nitrogens with one attached hydrogen (secondary N) is 1. The van der Waals surface area contributed by atoms with E-state index in [0.29, 0.717) is 19.3 Å². The van der Waals surface area contributed by atoms with Crippen molar-refractivity contribution in [2.75, 3.05) is 6.61 Å². The zero-order chi connectivity index (χ0) is 53.0. The van der Waals surface area contributed by atoms with Crippen LogP contribution in [0.3, 0.4) is 0 Å². The molecule has 0 saturated carbocycles. The van der Waals surface area contributed by atoms with E-state index in [2.05, 4.69) is 55.6 Å². The summed E-state index contributed by atoms with van der Waals surface area (Å²) in [6, 6.07) is -1.01. The first-order valence-electron chi connectivity index (χ1n) is 32.9. The number of rotatable bonds is 61. The SMILES string of the molecule is CCCCCCCCCCCCCC/C=C\CCCCCCCCCCCCCCCC(O)C(=O)NC(CO)C(O)C(O)CCC/C=C/CC/C=C/CCCCCCCCCCCCCCCCCCCCC. The van der Waals surface area contributed by atoms with Gasteiger partial charge in [0.1, 0.15) is 12.2 Å². The van der Waals surface area contributed by atoms with Gasteiger partial charge in [0, 0.05) is 0 Å². The maximum Gasteiger partial charge on any atom is 0.249 e. The highest BCUT2D eigenvalue weighted by Gasteiger charge is 2.28. The quantitative estimate of drug-likeness (QED) is 0.0308. The van der Waals surface area contributed by atoms with E-state index in [4.69, 9.17) is 0 Å². The van der Waals surface area contributed by atoms with Gasteiger partial charge in [-0.05, 0) is 77.0 Å². The second-order valence-electron chi connectivity index (χ2n) is 22.8. The number of aliphatic hydroxyl groups excluding tert-OH is 4. The van der Waals surface area contributed by atoms with Crippen molar-refractivity contribution in [2.45, 2.75) is 379 Å². The van der Waals surface area contributed by atoms with Crippen LogP contribution in [0.5, 0.6) is 0 Å². The van der Waals surface area contributed by atoms with Gasteiger partial charge in [-0.1, -0.05) is 314 Å². The summed E-state index contributed by atoms with van der Waals surface area (Å²) in [6.45, 7) is 4.09. The molecular formula is C67H129NO5. The maximum absolute atomic E-state index is 12.6. The van der Waals surface area contributed by atoms with Crippen LogP contribution in [-0.2, 0) is 4.79 Å². The zero-order valence-electron chi connectivity index (χ0n) is 49.2. The van der Waals surface area contributed by atoms with Crippen molar-refractivity contribution in [3.05, 3.63) is 36.5 Å². The van der Waals surface area contributed by atoms with Crippen LogP contribution in [0.1, 0.15) is 354 Å². The predicted octanol–water partition coefficient (Wildman–Crippen LogP) is 19.9. The standard InChI is InChI=1S/C67H129NO5/c1-3-5-7-9-11-13-15-17-19-21-23-25-27-29-31-33-35-37-39-41-43-45-47-49-51-53-55-57-59-61-65(71)67(73)68-63(62-69)66(72)64(70)60-58-56-54-52-50-48-46-44-42-40-38-36-34-32-30-28-26-24-22-20-18-16-14-12-10-8-6-4-2/h29,31,44,46,52,54,63-66,69-72H,3-28,30,32-43,45,47-51,53,55-62H2,1-2H3,(H,68,73)/b31-29-,46-44+,54-52+. The molecule has 6 nitrogen and oxygen atoms in total. The topological polar surface area (TPSA) is 110 Å². The summed E-state index contributed by atoms with van der Waals surface area (Å²) in [6.07, 6.45) is 78.3. The summed E-state index contributed by atoms with van der Waals surface area (Å²) in [4.78, 5) is 12.6. The van der Waals surface area contributed by atoms with E-state index in [1.165, 1.54) is 283 Å². The molecule has 0 spiro atoms. The van der Waals surface area contributed by atoms with Crippen LogP contribution >= 0.6 is 0 Å². The molecule has 0 fully saturated rings. The van der Waals surface area contributed by atoms with Crippen LogP contribution in [0.2, 0.25) is 0 Å². The molecule has 432 valence electrons. The van der Waals surface area contributed by atoms with Crippen LogP contribution in [0.15, 0.2) is 36.5 Å². The van der Waals surface area contributed by atoms with E-state index >= 15 is 0 Å². The summed E-state index contributed by atoms with van der Waals surface area (Å²) < 4.78 is 0. The van der Waals surface area contributed by atoms with Crippen molar-refractivity contribution in [1.82, 2.24) is 5.32 Å². The molecule has 0 aromatic heterocycles. The molecule has 0 heterocycles. The molecule has 1 amide bonds. The molecule has 4 unspecified atom stereocenters. The van der Waals surface area contributed by atoms with Gasteiger partial charge in [0.2, 0.25) is 5.91 Å². The highest BCUT2D eigenvalue weighted by molar-refractivity contribution is 5.80. The van der Waals surface area contributed by atoms with Crippen LogP contribution in [-0.4, -0.2) is 57.3 Å². The highest BCUT2D eigenvalue weighted by Crippen LogP contribution is 2.18. The third-order valence-corrected chi connectivity index (χ3v) is 15.6. The molecule has 4 atom stereocenters. The smallest absolute Gasteiger partial charge is 0.249 e. The van der Waals surface area contributed by atoms with Gasteiger partial charge in [0.05, 0.1) is 18.8 Å². The molecule has 73 heavy (non-hydrogen) atoms. The Balaban J connectivity index is 3.62. The van der Waals surface area contributed by atoms with Gasteiger partial charge < -0.3 is 25.7 Å². The number of hydrogen-bond acceptors (Lipinski definition) is 5. The lowest BCUT2D eigenvalue weighted by atomic mass is 10.00. The van der Waals surface area contributed by atoms with Crippen molar-refractivity contribution >= 4 is 5.91 Å². The third kappa shape index (κ3) is 55.1. The number of carbonyl (C=O) groups excluding carboxylic acids is 1. The van der Waals surface area contributed by atoms with Gasteiger partial charge >= 0.3 is 0 Å². The van der Waals surface area contributed by atoms with Gasteiger partial charge in [0.25, 0.3) is 0 Å². The summed E-state index contributed by atoms with van der Waals surface area (Å²) in [5.41, 5.74) is 0. The molecule has 0 aromatic rings. The van der Waals surface area contributed by atoms with Gasteiger partial charge in [-0.2, -0.15) is 0 Å². The van der Waals surface area contributed by atoms with Gasteiger partial charge in [0.15, 0.2) is 0 Å². The maximum atomic E-state index is 12.6. The lowest BCUT2D eigenvalue weighted by molar-refractivity contribution is -0.132. The number of allylic oxidation sites excluding steroid dienone is 6. The average molecular weight is 1030 g/mol. The highest BCUT2D eigenvalue weighted by atomic mass is 16.3. The summed E-state index contributed by atoms with van der Waals surface area (Å²) in [5, 5.41) is 44.1. The molecule has 0 aliphatic heterocycles. The molecular weight excluding hydrogens is 899 g/mol. The Kier molecular flexibility index (Phi) is 60.1. The van der Waals surface area contributed by atoms with E-state index < -0.39 is 36.9 Å². The first-order chi connectivity index (χ1) is 36.0. The Morgan fingerprint density at radius 1 is 0.329 bits per heavy atom. The fourth-order valence-electron chi connectivity index (χ4n) is 10.4. The fourth-order valence-corrected chi connectivity index (χ4v) is 10.4. The fraction of sp³-hybridized carbons (Fsp3) is 0.896. The number of amides is 1. The monoisotopic (exact) mass is 1030 g/mol. The molecule has 0 aliphatic carbocycles.